The number of rotatable bonds is 2. The fourth-order valence-corrected chi connectivity index (χ4v) is 2.73. The van der Waals surface area contributed by atoms with E-state index in [-0.39, 0.29) is 23.1 Å². The third-order valence-corrected chi connectivity index (χ3v) is 4.12. The van der Waals surface area contributed by atoms with Crippen LogP contribution < -0.4 is 5.32 Å². The van der Waals surface area contributed by atoms with Crippen LogP contribution in [0.1, 0.15) is 49.5 Å². The Bertz CT molecular complexity index is 512. The first-order valence-corrected chi connectivity index (χ1v) is 7.60. The molecule has 1 aliphatic rings. The minimum Gasteiger partial charge on any atom is -0.508 e. The second kappa shape index (κ2) is 6.06. The van der Waals surface area contributed by atoms with Crippen molar-refractivity contribution in [1.82, 2.24) is 10.2 Å². The number of phenolic OH excluding ortho intramolecular Hbond substituents is 1. The predicted molar refractivity (Wildman–Crippen MR) is 84.8 cm³/mol. The summed E-state index contributed by atoms with van der Waals surface area (Å²) in [4.78, 5) is 14.5. The van der Waals surface area contributed by atoms with E-state index < -0.39 is 0 Å². The van der Waals surface area contributed by atoms with Gasteiger partial charge in [0.1, 0.15) is 5.75 Å². The number of nitrogens with one attached hydrogen (secondary N) is 1. The minimum absolute atomic E-state index is 0.0969. The molecule has 0 aliphatic carbocycles. The van der Waals surface area contributed by atoms with Gasteiger partial charge in [0, 0.05) is 11.6 Å². The van der Waals surface area contributed by atoms with Crippen LogP contribution in [0, 0.1) is 0 Å². The van der Waals surface area contributed by atoms with Gasteiger partial charge in [-0.2, -0.15) is 0 Å². The fourth-order valence-electron chi connectivity index (χ4n) is 2.73. The van der Waals surface area contributed by atoms with Crippen LogP contribution in [-0.4, -0.2) is 42.1 Å². The average Bonchev–Trinajstić information content (AvgIpc) is 2.39. The highest BCUT2D eigenvalue weighted by Gasteiger charge is 2.22. The molecule has 116 valence electrons. The largest absolute Gasteiger partial charge is 0.508 e. The Labute approximate surface area is 127 Å². The molecule has 21 heavy (non-hydrogen) atoms. The SMILES string of the molecule is CN1CCC(NC(=O)c2ccc(C(C)(C)C)c(O)c2)CC1. The standard InChI is InChI=1S/C17H26N2O2/c1-17(2,3)14-6-5-12(11-15(14)20)16(21)18-13-7-9-19(4)10-8-13/h5-6,11,13,20H,7-10H2,1-4H3,(H,18,21). The summed E-state index contributed by atoms with van der Waals surface area (Å²) in [6, 6.07) is 5.45. The molecular weight excluding hydrogens is 264 g/mol. The predicted octanol–water partition coefficient (Wildman–Crippen LogP) is 2.51. The number of carbonyl (C=O) groups is 1. The first-order chi connectivity index (χ1) is 9.77. The van der Waals surface area contributed by atoms with Crippen LogP contribution in [0.3, 0.4) is 0 Å². The van der Waals surface area contributed by atoms with Gasteiger partial charge in [0.15, 0.2) is 0 Å². The molecule has 1 aromatic rings. The second-order valence-corrected chi connectivity index (χ2v) is 7.03. The van der Waals surface area contributed by atoms with E-state index in [9.17, 15) is 9.90 Å². The number of aromatic hydroxyl groups is 1. The van der Waals surface area contributed by atoms with Gasteiger partial charge >= 0.3 is 0 Å². The first kappa shape index (κ1) is 15.8. The molecule has 1 saturated heterocycles. The van der Waals surface area contributed by atoms with E-state index in [1.807, 2.05) is 26.8 Å². The van der Waals surface area contributed by atoms with Crippen LogP contribution in [0.5, 0.6) is 5.75 Å². The summed E-state index contributed by atoms with van der Waals surface area (Å²) in [6.07, 6.45) is 1.96. The van der Waals surface area contributed by atoms with Crippen molar-refractivity contribution in [3.05, 3.63) is 29.3 Å². The number of phenols is 1. The zero-order chi connectivity index (χ0) is 15.6. The normalized spacial score (nSPS) is 17.7. The van der Waals surface area contributed by atoms with Crippen LogP contribution >= 0.6 is 0 Å². The van der Waals surface area contributed by atoms with Crippen LogP contribution in [0.25, 0.3) is 0 Å². The highest BCUT2D eigenvalue weighted by molar-refractivity contribution is 5.95. The summed E-state index contributed by atoms with van der Waals surface area (Å²) in [6.45, 7) is 8.15. The molecule has 1 fully saturated rings. The number of benzene rings is 1. The third-order valence-electron chi connectivity index (χ3n) is 4.12. The molecule has 0 radical (unpaired) electrons. The first-order valence-electron chi connectivity index (χ1n) is 7.60. The monoisotopic (exact) mass is 290 g/mol. The summed E-state index contributed by atoms with van der Waals surface area (Å²) in [5, 5.41) is 13.2. The van der Waals surface area contributed by atoms with Crippen LogP contribution in [0.15, 0.2) is 18.2 Å². The molecule has 0 aromatic heterocycles. The van der Waals surface area contributed by atoms with Gasteiger partial charge in [0.2, 0.25) is 0 Å². The van der Waals surface area contributed by atoms with E-state index in [0.717, 1.165) is 31.5 Å². The Hall–Kier alpha value is -1.55. The molecule has 0 unspecified atom stereocenters. The van der Waals surface area contributed by atoms with Gasteiger partial charge in [-0.1, -0.05) is 26.8 Å². The molecule has 0 spiro atoms. The molecule has 2 N–H and O–H groups in total. The Kier molecular flexibility index (Phi) is 4.57. The van der Waals surface area contributed by atoms with Crippen LogP contribution in [0.4, 0.5) is 0 Å². The summed E-state index contributed by atoms with van der Waals surface area (Å²) in [5.74, 6) is 0.0961. The number of hydrogen-bond donors (Lipinski definition) is 2. The molecule has 4 nitrogen and oxygen atoms in total. The van der Waals surface area contributed by atoms with E-state index in [2.05, 4.69) is 17.3 Å². The summed E-state index contributed by atoms with van der Waals surface area (Å²) in [7, 11) is 2.10. The lowest BCUT2D eigenvalue weighted by atomic mass is 9.86. The number of piperidine rings is 1. The molecule has 0 saturated carbocycles. The lowest BCUT2D eigenvalue weighted by molar-refractivity contribution is 0.0916. The quantitative estimate of drug-likeness (QED) is 0.880. The molecule has 4 heteroatoms. The molecule has 1 heterocycles. The average molecular weight is 290 g/mol. The van der Waals surface area contributed by atoms with Gasteiger partial charge in [-0.3, -0.25) is 4.79 Å². The number of likely N-dealkylation sites (tertiary alicyclic amines) is 1. The maximum absolute atomic E-state index is 12.3. The van der Waals surface area contributed by atoms with Crippen molar-refractivity contribution in [2.24, 2.45) is 0 Å². The zero-order valence-corrected chi connectivity index (χ0v) is 13.4. The Morgan fingerprint density at radius 1 is 1.29 bits per heavy atom. The third kappa shape index (κ3) is 3.97. The van der Waals surface area contributed by atoms with Crippen molar-refractivity contribution in [3.63, 3.8) is 0 Å². The fraction of sp³-hybridized carbons (Fsp3) is 0.588. The van der Waals surface area contributed by atoms with Gasteiger partial charge in [-0.25, -0.2) is 0 Å². The highest BCUT2D eigenvalue weighted by atomic mass is 16.3. The van der Waals surface area contributed by atoms with Crippen LogP contribution in [0.2, 0.25) is 0 Å². The van der Waals surface area contributed by atoms with E-state index >= 15 is 0 Å². The van der Waals surface area contributed by atoms with Crippen molar-refractivity contribution in [1.29, 1.82) is 0 Å². The van der Waals surface area contributed by atoms with Gasteiger partial charge in [0.25, 0.3) is 5.91 Å². The Morgan fingerprint density at radius 2 is 1.90 bits per heavy atom. The summed E-state index contributed by atoms with van der Waals surface area (Å²) in [5.41, 5.74) is 1.25. The molecular formula is C17H26N2O2. The van der Waals surface area contributed by atoms with Gasteiger partial charge in [0.05, 0.1) is 0 Å². The minimum atomic E-state index is -0.132. The molecule has 0 bridgehead atoms. The van der Waals surface area contributed by atoms with Crippen molar-refractivity contribution in [2.45, 2.75) is 45.1 Å². The van der Waals surface area contributed by atoms with Crippen molar-refractivity contribution < 1.29 is 9.90 Å². The topological polar surface area (TPSA) is 52.6 Å². The number of hydrogen-bond acceptors (Lipinski definition) is 3. The maximum Gasteiger partial charge on any atom is 0.251 e. The van der Waals surface area contributed by atoms with Gasteiger partial charge in [-0.05, 0) is 56.1 Å². The molecule has 1 aliphatic heterocycles. The molecule has 1 amide bonds. The highest BCUT2D eigenvalue weighted by Crippen LogP contribution is 2.31. The van der Waals surface area contributed by atoms with Gasteiger partial charge in [-0.15, -0.1) is 0 Å². The number of nitrogens with zero attached hydrogens (tertiary/aromatic N) is 1. The Morgan fingerprint density at radius 3 is 2.43 bits per heavy atom. The molecule has 2 rings (SSSR count). The van der Waals surface area contributed by atoms with Crippen molar-refractivity contribution in [2.75, 3.05) is 20.1 Å². The zero-order valence-electron chi connectivity index (χ0n) is 13.4. The lowest BCUT2D eigenvalue weighted by Crippen LogP contribution is -2.43. The summed E-state index contributed by atoms with van der Waals surface area (Å²) < 4.78 is 0. The van der Waals surface area contributed by atoms with E-state index in [4.69, 9.17) is 0 Å². The lowest BCUT2D eigenvalue weighted by Gasteiger charge is -2.29. The van der Waals surface area contributed by atoms with Crippen molar-refractivity contribution >= 4 is 5.91 Å². The smallest absolute Gasteiger partial charge is 0.251 e. The van der Waals surface area contributed by atoms with Gasteiger partial charge < -0.3 is 15.3 Å². The van der Waals surface area contributed by atoms with Crippen LogP contribution in [-0.2, 0) is 5.41 Å². The second-order valence-electron chi connectivity index (χ2n) is 7.03. The summed E-state index contributed by atoms with van der Waals surface area (Å²) >= 11 is 0. The van der Waals surface area contributed by atoms with E-state index in [0.29, 0.717) is 5.56 Å². The number of amides is 1. The molecule has 1 aromatic carbocycles. The van der Waals surface area contributed by atoms with E-state index in [1.165, 1.54) is 0 Å². The Balaban J connectivity index is 2.05. The maximum atomic E-state index is 12.3. The van der Waals surface area contributed by atoms with E-state index in [1.54, 1.807) is 12.1 Å². The molecule has 0 atom stereocenters. The number of carbonyl (C=O) groups excluding carboxylic acids is 1. The van der Waals surface area contributed by atoms with Crippen molar-refractivity contribution in [3.8, 4) is 5.75 Å².